The molecule has 0 saturated heterocycles. The molecule has 6 nitrogen and oxygen atoms in total. The van der Waals surface area contributed by atoms with Crippen molar-refractivity contribution in [3.8, 4) is 17.2 Å². The van der Waals surface area contributed by atoms with Crippen molar-refractivity contribution in [1.82, 2.24) is 0 Å². The fourth-order valence-corrected chi connectivity index (χ4v) is 5.81. The Bertz CT molecular complexity index is 1260. The summed E-state index contributed by atoms with van der Waals surface area (Å²) in [5.41, 5.74) is 3.53. The minimum absolute atomic E-state index is 0.174. The van der Waals surface area contributed by atoms with Crippen molar-refractivity contribution in [3.05, 3.63) is 64.0 Å². The number of ether oxygens (including phenoxy) is 3. The number of anilines is 1. The molecular formula is C29H34N2O4S. The highest BCUT2D eigenvalue weighted by molar-refractivity contribution is 7.16. The molecule has 0 saturated carbocycles. The molecule has 0 unspecified atom stereocenters. The average Bonchev–Trinajstić information content (AvgIpc) is 3.25. The van der Waals surface area contributed by atoms with Gasteiger partial charge in [0.25, 0.3) is 5.91 Å². The number of fused-ring (bicyclic) bond motifs is 1. The Labute approximate surface area is 217 Å². The predicted molar refractivity (Wildman–Crippen MR) is 147 cm³/mol. The molecule has 4 rings (SSSR count). The largest absolute Gasteiger partial charge is 0.497 e. The molecule has 1 aliphatic rings. The van der Waals surface area contributed by atoms with Gasteiger partial charge in [0.05, 0.1) is 32.6 Å². The van der Waals surface area contributed by atoms with E-state index in [0.29, 0.717) is 28.7 Å². The number of hydrogen-bond acceptors (Lipinski definition) is 6. The maximum absolute atomic E-state index is 13.7. The molecule has 7 heteroatoms. The summed E-state index contributed by atoms with van der Waals surface area (Å²) in [5.74, 6) is 2.39. The van der Waals surface area contributed by atoms with Crippen molar-refractivity contribution in [2.24, 2.45) is 16.3 Å². The number of nitrogens with one attached hydrogen (secondary N) is 1. The van der Waals surface area contributed by atoms with Gasteiger partial charge in [-0.3, -0.25) is 4.79 Å². The number of thiophene rings is 1. The number of carbonyl (C=O) groups is 1. The summed E-state index contributed by atoms with van der Waals surface area (Å²) in [4.78, 5) is 19.7. The zero-order valence-corrected chi connectivity index (χ0v) is 22.6. The second-order valence-electron chi connectivity index (χ2n) is 10.0. The predicted octanol–water partition coefficient (Wildman–Crippen LogP) is 6.93. The molecule has 3 aromatic rings. The molecule has 36 heavy (non-hydrogen) atoms. The van der Waals surface area contributed by atoms with Gasteiger partial charge in [0.15, 0.2) is 0 Å². The molecule has 0 aliphatic heterocycles. The fraction of sp³-hybridized carbons (Fsp3) is 0.379. The van der Waals surface area contributed by atoms with Gasteiger partial charge in [-0.25, -0.2) is 4.99 Å². The van der Waals surface area contributed by atoms with Crippen LogP contribution in [0.4, 0.5) is 10.7 Å². The summed E-state index contributed by atoms with van der Waals surface area (Å²) in [6.45, 7) is 6.88. The Kier molecular flexibility index (Phi) is 7.69. The zero-order valence-electron chi connectivity index (χ0n) is 21.8. The van der Waals surface area contributed by atoms with Crippen molar-refractivity contribution < 1.29 is 19.0 Å². The van der Waals surface area contributed by atoms with Gasteiger partial charge >= 0.3 is 0 Å². The molecule has 0 radical (unpaired) electrons. The fourth-order valence-electron chi connectivity index (χ4n) is 4.55. The van der Waals surface area contributed by atoms with E-state index in [-0.39, 0.29) is 11.3 Å². The molecular weight excluding hydrogens is 472 g/mol. The minimum Gasteiger partial charge on any atom is -0.497 e. The van der Waals surface area contributed by atoms with E-state index in [1.165, 1.54) is 4.88 Å². The van der Waals surface area contributed by atoms with E-state index in [9.17, 15) is 4.79 Å². The van der Waals surface area contributed by atoms with Gasteiger partial charge in [-0.1, -0.05) is 20.8 Å². The summed E-state index contributed by atoms with van der Waals surface area (Å²) in [5, 5.41) is 3.79. The number of amides is 1. The van der Waals surface area contributed by atoms with Crippen LogP contribution in [0.5, 0.6) is 17.2 Å². The lowest BCUT2D eigenvalue weighted by atomic mass is 9.72. The summed E-state index contributed by atoms with van der Waals surface area (Å²) in [6.07, 6.45) is 4.70. The number of rotatable bonds is 7. The van der Waals surface area contributed by atoms with E-state index >= 15 is 0 Å². The first kappa shape index (κ1) is 25.8. The lowest BCUT2D eigenvalue weighted by molar-refractivity contribution is 0.102. The molecule has 190 valence electrons. The molecule has 1 N–H and O–H groups in total. The lowest BCUT2D eigenvalue weighted by Crippen LogP contribution is -2.27. The third-order valence-electron chi connectivity index (χ3n) is 6.80. The van der Waals surface area contributed by atoms with Crippen molar-refractivity contribution in [2.45, 2.75) is 40.0 Å². The number of carbonyl (C=O) groups excluding carboxylic acids is 1. The SMILES string of the molecule is COc1ccc(C=Nc2sc3c(c2C(=O)Nc2ccc(OC)cc2OC)CC[C@H](C(C)(C)C)C3)cc1. The highest BCUT2D eigenvalue weighted by atomic mass is 32.1. The normalized spacial score (nSPS) is 15.4. The molecule has 0 bridgehead atoms. The summed E-state index contributed by atoms with van der Waals surface area (Å²) >= 11 is 1.63. The molecule has 0 fully saturated rings. The van der Waals surface area contributed by atoms with Crippen LogP contribution in [0, 0.1) is 11.3 Å². The Hall–Kier alpha value is -3.32. The summed E-state index contributed by atoms with van der Waals surface area (Å²) in [7, 11) is 4.82. The topological polar surface area (TPSA) is 69.2 Å². The Morgan fingerprint density at radius 3 is 2.36 bits per heavy atom. The van der Waals surface area contributed by atoms with Gasteiger partial charge in [0.1, 0.15) is 22.2 Å². The van der Waals surface area contributed by atoms with Crippen molar-refractivity contribution >= 4 is 34.1 Å². The maximum Gasteiger partial charge on any atom is 0.259 e. The zero-order chi connectivity index (χ0) is 25.9. The number of hydrogen-bond donors (Lipinski definition) is 1. The van der Waals surface area contributed by atoms with Gasteiger partial charge in [-0.15, -0.1) is 11.3 Å². The van der Waals surface area contributed by atoms with Crippen LogP contribution >= 0.6 is 11.3 Å². The van der Waals surface area contributed by atoms with Gasteiger partial charge in [0, 0.05) is 17.2 Å². The monoisotopic (exact) mass is 506 g/mol. The molecule has 0 spiro atoms. The first-order chi connectivity index (χ1) is 17.2. The van der Waals surface area contributed by atoms with Crippen LogP contribution in [0.3, 0.4) is 0 Å². The Morgan fingerprint density at radius 1 is 1.03 bits per heavy atom. The first-order valence-corrected chi connectivity index (χ1v) is 12.9. The quantitative estimate of drug-likeness (QED) is 0.353. The second kappa shape index (κ2) is 10.7. The van der Waals surface area contributed by atoms with Crippen LogP contribution in [0.15, 0.2) is 47.5 Å². The molecule has 1 aromatic heterocycles. The molecule has 1 atom stereocenters. The van der Waals surface area contributed by atoms with Crippen molar-refractivity contribution in [1.29, 1.82) is 0 Å². The number of methoxy groups -OCH3 is 3. The molecule has 2 aromatic carbocycles. The van der Waals surface area contributed by atoms with Crippen LogP contribution in [-0.4, -0.2) is 33.5 Å². The van der Waals surface area contributed by atoms with E-state index in [1.54, 1.807) is 50.9 Å². The van der Waals surface area contributed by atoms with Crippen LogP contribution in [0.1, 0.15) is 53.6 Å². The second-order valence-corrected chi connectivity index (χ2v) is 11.1. The average molecular weight is 507 g/mol. The molecule has 1 aliphatic carbocycles. The first-order valence-electron chi connectivity index (χ1n) is 12.1. The minimum atomic E-state index is -0.174. The summed E-state index contributed by atoms with van der Waals surface area (Å²) < 4.78 is 16.0. The van der Waals surface area contributed by atoms with Crippen LogP contribution in [0.2, 0.25) is 0 Å². The molecule has 1 amide bonds. The third-order valence-corrected chi connectivity index (χ3v) is 7.96. The standard InChI is InChI=1S/C29H34N2O4S/c1-29(2,3)19-9-13-22-25(15-19)36-28(30-17-18-7-10-20(33-4)11-8-18)26(22)27(32)31-23-14-12-21(34-5)16-24(23)35-6/h7-8,10-12,14,16-17,19H,9,13,15H2,1-6H3,(H,31,32)/t19-/m0/s1. The number of nitrogens with zero attached hydrogens (tertiary/aromatic N) is 1. The Balaban J connectivity index is 1.70. The van der Waals surface area contributed by atoms with Gasteiger partial charge in [-0.2, -0.15) is 0 Å². The van der Waals surface area contributed by atoms with Crippen LogP contribution < -0.4 is 19.5 Å². The maximum atomic E-state index is 13.7. The number of benzene rings is 2. The van der Waals surface area contributed by atoms with E-state index in [4.69, 9.17) is 19.2 Å². The highest BCUT2D eigenvalue weighted by Crippen LogP contribution is 2.45. The third kappa shape index (κ3) is 5.57. The lowest BCUT2D eigenvalue weighted by Gasteiger charge is -2.33. The van der Waals surface area contributed by atoms with Crippen LogP contribution in [-0.2, 0) is 12.8 Å². The van der Waals surface area contributed by atoms with E-state index in [2.05, 4.69) is 26.1 Å². The van der Waals surface area contributed by atoms with Gasteiger partial charge in [0.2, 0.25) is 0 Å². The highest BCUT2D eigenvalue weighted by Gasteiger charge is 2.33. The summed E-state index contributed by atoms with van der Waals surface area (Å²) in [6, 6.07) is 13.1. The van der Waals surface area contributed by atoms with Crippen molar-refractivity contribution in [3.63, 3.8) is 0 Å². The van der Waals surface area contributed by atoms with Gasteiger partial charge in [-0.05, 0) is 78.1 Å². The van der Waals surface area contributed by atoms with E-state index < -0.39 is 0 Å². The van der Waals surface area contributed by atoms with Gasteiger partial charge < -0.3 is 19.5 Å². The van der Waals surface area contributed by atoms with E-state index in [1.807, 2.05) is 30.5 Å². The van der Waals surface area contributed by atoms with Crippen molar-refractivity contribution in [2.75, 3.05) is 26.6 Å². The number of aliphatic imine (C=N–C) groups is 1. The van der Waals surface area contributed by atoms with Crippen LogP contribution in [0.25, 0.3) is 0 Å². The smallest absolute Gasteiger partial charge is 0.259 e. The molecule has 1 heterocycles. The van der Waals surface area contributed by atoms with E-state index in [0.717, 1.165) is 41.1 Å². The Morgan fingerprint density at radius 2 is 1.72 bits per heavy atom.